The van der Waals surface area contributed by atoms with Crippen LogP contribution in [-0.2, 0) is 0 Å². The summed E-state index contributed by atoms with van der Waals surface area (Å²) in [6, 6.07) is 76.3. The minimum absolute atomic E-state index is 0.859. The molecule has 0 radical (unpaired) electrons. The van der Waals surface area contributed by atoms with Gasteiger partial charge in [-0.2, -0.15) is 0 Å². The van der Waals surface area contributed by atoms with Crippen molar-refractivity contribution in [3.63, 3.8) is 0 Å². The lowest BCUT2D eigenvalue weighted by atomic mass is 9.93. The molecular formula is C54H35NO. The van der Waals surface area contributed by atoms with E-state index in [2.05, 4.69) is 217 Å². The maximum Gasteiger partial charge on any atom is 0.137 e. The minimum atomic E-state index is 0.859. The van der Waals surface area contributed by atoms with Crippen molar-refractivity contribution in [2.45, 2.75) is 0 Å². The Morgan fingerprint density at radius 3 is 1.50 bits per heavy atom. The van der Waals surface area contributed by atoms with E-state index < -0.39 is 0 Å². The standard InChI is InChI=1S/C54H35NO/c1-3-14-36(15-4-1)37-26-30-41(31-27-37)55(42-32-28-39(29-33-42)48-34-40-18-7-8-19-43(40)44-20-9-10-21-45(44)48)50-24-13-25-51-54(50)53-47-23-12-11-22-46(47)49(35-52(53)56-51)38-16-5-2-6-17-38/h1-35H. The molecule has 0 saturated carbocycles. The Labute approximate surface area is 325 Å². The Balaban J connectivity index is 1.13. The third-order valence-corrected chi connectivity index (χ3v) is 11.2. The summed E-state index contributed by atoms with van der Waals surface area (Å²) >= 11 is 0. The Hall–Kier alpha value is -7.42. The number of fused-ring (bicyclic) bond motifs is 8. The highest BCUT2D eigenvalue weighted by Gasteiger charge is 2.22. The van der Waals surface area contributed by atoms with Crippen LogP contribution in [0, 0.1) is 0 Å². The SMILES string of the molecule is c1ccc(-c2ccc(N(c3ccc(-c4cc5ccccc5c5ccccc45)cc3)c3cccc4oc5cc(-c6ccccc6)c6ccccc6c5c34)cc2)cc1. The molecule has 0 fully saturated rings. The molecule has 1 aromatic heterocycles. The molecule has 56 heavy (non-hydrogen) atoms. The molecule has 0 aliphatic rings. The highest BCUT2D eigenvalue weighted by atomic mass is 16.3. The van der Waals surface area contributed by atoms with Crippen LogP contribution < -0.4 is 4.90 Å². The van der Waals surface area contributed by atoms with Crippen LogP contribution in [0.25, 0.3) is 87.6 Å². The number of anilines is 3. The molecule has 0 atom stereocenters. The molecule has 0 aliphatic heterocycles. The monoisotopic (exact) mass is 713 g/mol. The summed E-state index contributed by atoms with van der Waals surface area (Å²) in [5.74, 6) is 0. The van der Waals surface area contributed by atoms with E-state index in [1.165, 1.54) is 65.7 Å². The highest BCUT2D eigenvalue weighted by molar-refractivity contribution is 6.25. The molecule has 262 valence electrons. The molecule has 0 bridgehead atoms. The quantitative estimate of drug-likeness (QED) is 0.160. The van der Waals surface area contributed by atoms with E-state index in [1.54, 1.807) is 0 Å². The summed E-state index contributed by atoms with van der Waals surface area (Å²) in [5.41, 5.74) is 12.1. The zero-order chi connectivity index (χ0) is 37.0. The van der Waals surface area contributed by atoms with Crippen molar-refractivity contribution in [2.24, 2.45) is 0 Å². The van der Waals surface area contributed by atoms with Gasteiger partial charge in [-0.15, -0.1) is 0 Å². The second-order valence-corrected chi connectivity index (χ2v) is 14.4. The Kier molecular flexibility index (Phi) is 7.53. The lowest BCUT2D eigenvalue weighted by Crippen LogP contribution is -2.10. The van der Waals surface area contributed by atoms with E-state index in [1.807, 2.05) is 0 Å². The second-order valence-electron chi connectivity index (χ2n) is 14.4. The molecule has 10 aromatic carbocycles. The predicted octanol–water partition coefficient (Wildman–Crippen LogP) is 15.5. The van der Waals surface area contributed by atoms with Gasteiger partial charge in [-0.1, -0.05) is 164 Å². The number of rotatable bonds is 6. The fourth-order valence-electron chi connectivity index (χ4n) is 8.65. The first kappa shape index (κ1) is 32.0. The van der Waals surface area contributed by atoms with Crippen LogP contribution in [0.1, 0.15) is 0 Å². The van der Waals surface area contributed by atoms with E-state index in [0.29, 0.717) is 0 Å². The van der Waals surface area contributed by atoms with Crippen molar-refractivity contribution in [2.75, 3.05) is 4.90 Å². The van der Waals surface area contributed by atoms with Crippen LogP contribution in [0.5, 0.6) is 0 Å². The van der Waals surface area contributed by atoms with Gasteiger partial charge in [0.15, 0.2) is 0 Å². The summed E-state index contributed by atoms with van der Waals surface area (Å²) < 4.78 is 6.79. The first-order valence-electron chi connectivity index (χ1n) is 19.2. The van der Waals surface area contributed by atoms with Crippen LogP contribution in [-0.4, -0.2) is 0 Å². The second kappa shape index (κ2) is 13.2. The summed E-state index contributed by atoms with van der Waals surface area (Å²) in [5, 5.41) is 9.63. The molecule has 0 spiro atoms. The lowest BCUT2D eigenvalue weighted by molar-refractivity contribution is 0.669. The fraction of sp³-hybridized carbons (Fsp3) is 0. The van der Waals surface area contributed by atoms with E-state index in [4.69, 9.17) is 4.42 Å². The van der Waals surface area contributed by atoms with E-state index in [9.17, 15) is 0 Å². The van der Waals surface area contributed by atoms with Crippen LogP contribution in [0.3, 0.4) is 0 Å². The van der Waals surface area contributed by atoms with Crippen molar-refractivity contribution in [1.82, 2.24) is 0 Å². The van der Waals surface area contributed by atoms with Gasteiger partial charge in [-0.05, 0) is 114 Å². The maximum atomic E-state index is 6.79. The predicted molar refractivity (Wildman–Crippen MR) is 237 cm³/mol. The molecule has 2 nitrogen and oxygen atoms in total. The van der Waals surface area contributed by atoms with Gasteiger partial charge in [0.05, 0.1) is 11.1 Å². The van der Waals surface area contributed by atoms with Gasteiger partial charge < -0.3 is 9.32 Å². The Bertz CT molecular complexity index is 3220. The summed E-state index contributed by atoms with van der Waals surface area (Å²) in [4.78, 5) is 2.38. The Morgan fingerprint density at radius 2 is 0.804 bits per heavy atom. The van der Waals surface area contributed by atoms with Crippen LogP contribution in [0.4, 0.5) is 17.1 Å². The Morgan fingerprint density at radius 1 is 0.304 bits per heavy atom. The van der Waals surface area contributed by atoms with Crippen molar-refractivity contribution < 1.29 is 4.42 Å². The lowest BCUT2D eigenvalue weighted by Gasteiger charge is -2.27. The largest absolute Gasteiger partial charge is 0.456 e. The van der Waals surface area contributed by atoms with Gasteiger partial charge in [-0.3, -0.25) is 0 Å². The van der Waals surface area contributed by atoms with Gasteiger partial charge in [0, 0.05) is 16.8 Å². The molecule has 0 amide bonds. The average Bonchev–Trinajstić information content (AvgIpc) is 3.67. The number of furan rings is 1. The van der Waals surface area contributed by atoms with Gasteiger partial charge in [-0.25, -0.2) is 0 Å². The zero-order valence-electron chi connectivity index (χ0n) is 30.6. The van der Waals surface area contributed by atoms with Crippen molar-refractivity contribution >= 4 is 71.3 Å². The first-order valence-corrected chi connectivity index (χ1v) is 19.2. The average molecular weight is 714 g/mol. The molecule has 11 aromatic rings. The zero-order valence-corrected chi connectivity index (χ0v) is 30.6. The van der Waals surface area contributed by atoms with Crippen LogP contribution in [0.15, 0.2) is 217 Å². The number of hydrogen-bond acceptors (Lipinski definition) is 2. The summed E-state index contributed by atoms with van der Waals surface area (Å²) in [7, 11) is 0. The van der Waals surface area contributed by atoms with Gasteiger partial charge in [0.1, 0.15) is 11.2 Å². The van der Waals surface area contributed by atoms with E-state index >= 15 is 0 Å². The van der Waals surface area contributed by atoms with Gasteiger partial charge >= 0.3 is 0 Å². The van der Waals surface area contributed by atoms with Crippen molar-refractivity contribution in [3.8, 4) is 33.4 Å². The maximum absolute atomic E-state index is 6.79. The number of benzene rings is 10. The first-order chi connectivity index (χ1) is 27.8. The summed E-state index contributed by atoms with van der Waals surface area (Å²) in [6.07, 6.45) is 0. The minimum Gasteiger partial charge on any atom is -0.456 e. The molecule has 1 heterocycles. The third kappa shape index (κ3) is 5.26. The molecule has 0 unspecified atom stereocenters. The molecule has 0 aliphatic carbocycles. The molecular weight excluding hydrogens is 679 g/mol. The van der Waals surface area contributed by atoms with Gasteiger partial charge in [0.25, 0.3) is 0 Å². The number of hydrogen-bond donors (Lipinski definition) is 0. The smallest absolute Gasteiger partial charge is 0.137 e. The molecule has 2 heteroatoms. The van der Waals surface area contributed by atoms with Gasteiger partial charge in [0.2, 0.25) is 0 Å². The normalized spacial score (nSPS) is 11.6. The highest BCUT2D eigenvalue weighted by Crippen LogP contribution is 2.47. The van der Waals surface area contributed by atoms with Crippen molar-refractivity contribution in [1.29, 1.82) is 0 Å². The fourth-order valence-corrected chi connectivity index (χ4v) is 8.65. The summed E-state index contributed by atoms with van der Waals surface area (Å²) in [6.45, 7) is 0. The van der Waals surface area contributed by atoms with Crippen LogP contribution in [0.2, 0.25) is 0 Å². The molecule has 11 rings (SSSR count). The van der Waals surface area contributed by atoms with Crippen LogP contribution >= 0.6 is 0 Å². The number of nitrogens with zero attached hydrogens (tertiary/aromatic N) is 1. The molecule has 0 saturated heterocycles. The van der Waals surface area contributed by atoms with Crippen molar-refractivity contribution in [3.05, 3.63) is 212 Å². The third-order valence-electron chi connectivity index (χ3n) is 11.2. The van der Waals surface area contributed by atoms with E-state index in [0.717, 1.165) is 39.0 Å². The molecule has 0 N–H and O–H groups in total. The van der Waals surface area contributed by atoms with E-state index in [-0.39, 0.29) is 0 Å². The topological polar surface area (TPSA) is 16.4 Å².